The zero-order chi connectivity index (χ0) is 17.7. The Hall–Kier alpha value is -0.860. The van der Waals surface area contributed by atoms with E-state index >= 15 is 0 Å². The molecule has 0 bridgehead atoms. The maximum absolute atomic E-state index is 5.72. The fourth-order valence-corrected chi connectivity index (χ4v) is 2.94. The van der Waals surface area contributed by atoms with Crippen LogP contribution in [0.25, 0.3) is 0 Å². The van der Waals surface area contributed by atoms with E-state index in [0.29, 0.717) is 12.5 Å². The molecular weight excluding hydrogens is 441 g/mol. The monoisotopic (exact) mass is 475 g/mol. The number of nitrogens with zero attached hydrogens (tertiary/aromatic N) is 2. The number of halogens is 1. The maximum atomic E-state index is 5.72. The molecular formula is C20H34IN3O2. The summed E-state index contributed by atoms with van der Waals surface area (Å²) in [4.78, 5) is 6.98. The smallest absolute Gasteiger partial charge is 0.193 e. The van der Waals surface area contributed by atoms with Crippen molar-refractivity contribution < 1.29 is 9.47 Å². The Labute approximate surface area is 175 Å². The van der Waals surface area contributed by atoms with Gasteiger partial charge in [-0.1, -0.05) is 30.3 Å². The van der Waals surface area contributed by atoms with E-state index in [1.165, 1.54) is 5.56 Å². The molecule has 5 nitrogen and oxygen atoms in total. The Morgan fingerprint density at radius 2 is 2.12 bits per heavy atom. The molecule has 2 rings (SSSR count). The highest BCUT2D eigenvalue weighted by atomic mass is 127. The van der Waals surface area contributed by atoms with Gasteiger partial charge in [-0.2, -0.15) is 0 Å². The third-order valence-corrected chi connectivity index (χ3v) is 4.32. The second-order valence-corrected chi connectivity index (χ2v) is 6.59. The molecule has 1 N–H and O–H groups in total. The van der Waals surface area contributed by atoms with Crippen LogP contribution < -0.4 is 5.32 Å². The number of hydrogen-bond donors (Lipinski definition) is 1. The predicted octanol–water partition coefficient (Wildman–Crippen LogP) is 3.54. The van der Waals surface area contributed by atoms with E-state index in [1.54, 1.807) is 0 Å². The molecule has 1 aliphatic heterocycles. The van der Waals surface area contributed by atoms with Gasteiger partial charge in [-0.25, -0.2) is 0 Å². The molecule has 1 saturated heterocycles. The molecule has 1 heterocycles. The molecule has 0 radical (unpaired) electrons. The van der Waals surface area contributed by atoms with Gasteiger partial charge in [0.05, 0.1) is 13.2 Å². The molecule has 26 heavy (non-hydrogen) atoms. The summed E-state index contributed by atoms with van der Waals surface area (Å²) < 4.78 is 11.2. The molecule has 6 heteroatoms. The molecule has 1 aromatic rings. The summed E-state index contributed by atoms with van der Waals surface area (Å²) in [5.74, 6) is 1.62. The third kappa shape index (κ3) is 9.19. The van der Waals surface area contributed by atoms with Crippen LogP contribution in [0.15, 0.2) is 35.3 Å². The summed E-state index contributed by atoms with van der Waals surface area (Å²) in [7, 11) is 2.11. The molecule has 0 amide bonds. The van der Waals surface area contributed by atoms with Crippen molar-refractivity contribution in [3.63, 3.8) is 0 Å². The fraction of sp³-hybridized carbons (Fsp3) is 0.650. The van der Waals surface area contributed by atoms with Crippen molar-refractivity contribution in [3.8, 4) is 0 Å². The predicted molar refractivity (Wildman–Crippen MR) is 118 cm³/mol. The normalized spacial score (nSPS) is 17.0. The minimum Gasteiger partial charge on any atom is -0.381 e. The largest absolute Gasteiger partial charge is 0.381 e. The topological polar surface area (TPSA) is 46.1 Å². The minimum absolute atomic E-state index is 0. The van der Waals surface area contributed by atoms with Gasteiger partial charge in [-0.05, 0) is 31.7 Å². The lowest BCUT2D eigenvalue weighted by Crippen LogP contribution is -2.41. The molecule has 1 unspecified atom stereocenters. The van der Waals surface area contributed by atoms with Crippen LogP contribution in [-0.2, 0) is 16.1 Å². The highest BCUT2D eigenvalue weighted by Gasteiger charge is 2.18. The molecule has 1 aromatic carbocycles. The van der Waals surface area contributed by atoms with E-state index < -0.39 is 0 Å². The van der Waals surface area contributed by atoms with Crippen LogP contribution in [0.3, 0.4) is 0 Å². The van der Waals surface area contributed by atoms with E-state index in [2.05, 4.69) is 36.3 Å². The SMILES string of the molecule is CCNC(=NCCCCOCc1ccccc1)N(C)CC1CCOC1.I. The highest BCUT2D eigenvalue weighted by Crippen LogP contribution is 2.13. The quantitative estimate of drug-likeness (QED) is 0.244. The van der Waals surface area contributed by atoms with Crippen molar-refractivity contribution in [2.75, 3.05) is 46.5 Å². The molecule has 148 valence electrons. The Kier molecular flexibility index (Phi) is 12.7. The van der Waals surface area contributed by atoms with Crippen LogP contribution in [0.4, 0.5) is 0 Å². The van der Waals surface area contributed by atoms with Gasteiger partial charge in [0.25, 0.3) is 0 Å². The number of guanidine groups is 1. The number of ether oxygens (including phenoxy) is 2. The van der Waals surface area contributed by atoms with Crippen LogP contribution in [0, 0.1) is 5.92 Å². The Morgan fingerprint density at radius 3 is 2.81 bits per heavy atom. The van der Waals surface area contributed by atoms with Crippen LogP contribution in [0.1, 0.15) is 31.7 Å². The van der Waals surface area contributed by atoms with E-state index in [-0.39, 0.29) is 24.0 Å². The third-order valence-electron chi connectivity index (χ3n) is 4.32. The summed E-state index contributed by atoms with van der Waals surface area (Å²) in [6.07, 6.45) is 3.24. The average Bonchev–Trinajstić information content (AvgIpc) is 3.13. The number of benzene rings is 1. The van der Waals surface area contributed by atoms with Gasteiger partial charge in [0.1, 0.15) is 0 Å². The summed E-state index contributed by atoms with van der Waals surface area (Å²) in [6, 6.07) is 10.3. The Balaban J connectivity index is 0.00000338. The summed E-state index contributed by atoms with van der Waals surface area (Å²) in [5.41, 5.74) is 1.23. The van der Waals surface area contributed by atoms with E-state index in [4.69, 9.17) is 14.5 Å². The van der Waals surface area contributed by atoms with Crippen molar-refractivity contribution in [1.82, 2.24) is 10.2 Å². The zero-order valence-electron chi connectivity index (χ0n) is 16.2. The minimum atomic E-state index is 0. The van der Waals surface area contributed by atoms with E-state index in [0.717, 1.165) is 64.7 Å². The van der Waals surface area contributed by atoms with Crippen molar-refractivity contribution in [2.45, 2.75) is 32.8 Å². The second kappa shape index (κ2) is 14.2. The molecule has 1 aliphatic rings. The van der Waals surface area contributed by atoms with Gasteiger partial charge in [0.15, 0.2) is 5.96 Å². The van der Waals surface area contributed by atoms with Crippen molar-refractivity contribution in [3.05, 3.63) is 35.9 Å². The first-order valence-electron chi connectivity index (χ1n) is 9.48. The molecule has 0 aromatic heterocycles. The first-order valence-corrected chi connectivity index (χ1v) is 9.48. The second-order valence-electron chi connectivity index (χ2n) is 6.59. The van der Waals surface area contributed by atoms with Crippen LogP contribution in [-0.4, -0.2) is 57.4 Å². The first kappa shape index (κ1) is 23.2. The maximum Gasteiger partial charge on any atom is 0.193 e. The number of hydrogen-bond acceptors (Lipinski definition) is 3. The highest BCUT2D eigenvalue weighted by molar-refractivity contribution is 14.0. The van der Waals surface area contributed by atoms with E-state index in [9.17, 15) is 0 Å². The lowest BCUT2D eigenvalue weighted by molar-refractivity contribution is 0.117. The number of aliphatic imine (C=N–C) groups is 1. The van der Waals surface area contributed by atoms with Gasteiger partial charge in [-0.15, -0.1) is 24.0 Å². The van der Waals surface area contributed by atoms with Crippen molar-refractivity contribution in [1.29, 1.82) is 0 Å². The number of unbranched alkanes of at least 4 members (excludes halogenated alkanes) is 1. The van der Waals surface area contributed by atoms with Crippen molar-refractivity contribution in [2.24, 2.45) is 10.9 Å². The van der Waals surface area contributed by atoms with Crippen molar-refractivity contribution >= 4 is 29.9 Å². The van der Waals surface area contributed by atoms with Crippen LogP contribution in [0.5, 0.6) is 0 Å². The molecule has 1 atom stereocenters. The Morgan fingerprint density at radius 1 is 1.31 bits per heavy atom. The van der Waals surface area contributed by atoms with Gasteiger partial charge >= 0.3 is 0 Å². The summed E-state index contributed by atoms with van der Waals surface area (Å²) >= 11 is 0. The van der Waals surface area contributed by atoms with E-state index in [1.807, 2.05) is 18.2 Å². The average molecular weight is 475 g/mol. The van der Waals surface area contributed by atoms with Crippen LogP contribution >= 0.6 is 24.0 Å². The van der Waals surface area contributed by atoms with Gasteiger partial charge in [-0.3, -0.25) is 4.99 Å². The molecule has 0 saturated carbocycles. The fourth-order valence-electron chi connectivity index (χ4n) is 2.94. The van der Waals surface area contributed by atoms with Gasteiger partial charge in [0, 0.05) is 45.8 Å². The van der Waals surface area contributed by atoms with Crippen LogP contribution in [0.2, 0.25) is 0 Å². The lowest BCUT2D eigenvalue weighted by Gasteiger charge is -2.24. The molecule has 0 spiro atoms. The summed E-state index contributed by atoms with van der Waals surface area (Å²) in [6.45, 7) is 8.10. The van der Waals surface area contributed by atoms with Gasteiger partial charge in [0.2, 0.25) is 0 Å². The molecule has 1 fully saturated rings. The first-order chi connectivity index (χ1) is 12.3. The zero-order valence-corrected chi connectivity index (χ0v) is 18.5. The standard InChI is InChI=1S/C20H33N3O2.HI/c1-3-21-20(23(2)15-19-11-14-25-17-19)22-12-7-8-13-24-16-18-9-5-4-6-10-18;/h4-6,9-10,19H,3,7-8,11-17H2,1-2H3,(H,21,22);1H. The number of rotatable bonds is 10. The molecule has 0 aliphatic carbocycles. The Bertz CT molecular complexity index is 493. The lowest BCUT2D eigenvalue weighted by atomic mass is 10.1. The number of nitrogens with one attached hydrogen (secondary N) is 1. The summed E-state index contributed by atoms with van der Waals surface area (Å²) in [5, 5.41) is 3.38. The van der Waals surface area contributed by atoms with Gasteiger partial charge < -0.3 is 19.7 Å².